The summed E-state index contributed by atoms with van der Waals surface area (Å²) in [5, 5.41) is 12.5. The Bertz CT molecular complexity index is 371. The van der Waals surface area contributed by atoms with E-state index in [9.17, 15) is 10.1 Å². The zero-order valence-electron chi connectivity index (χ0n) is 11.3. The Hall–Kier alpha value is -1.28. The minimum Gasteiger partial charge on any atom is -0.444 e. The molecule has 0 unspecified atom stereocenters. The highest BCUT2D eigenvalue weighted by atomic mass is 16.6. The van der Waals surface area contributed by atoms with Crippen LogP contribution >= 0.6 is 0 Å². The van der Waals surface area contributed by atoms with Crippen molar-refractivity contribution in [3.05, 3.63) is 0 Å². The number of hydrogen-bond acceptors (Lipinski definition) is 4. The van der Waals surface area contributed by atoms with Gasteiger partial charge in [-0.3, -0.25) is 5.32 Å². The van der Waals surface area contributed by atoms with Gasteiger partial charge < -0.3 is 9.64 Å². The van der Waals surface area contributed by atoms with Crippen LogP contribution in [-0.2, 0) is 4.74 Å². The average molecular weight is 251 g/mol. The highest BCUT2D eigenvalue weighted by Gasteiger charge is 2.47. The first-order valence-corrected chi connectivity index (χ1v) is 6.48. The number of nitriles is 1. The highest BCUT2D eigenvalue weighted by molar-refractivity contribution is 5.70. The number of amides is 1. The number of nitrogens with zero attached hydrogens (tertiary/aromatic N) is 2. The maximum Gasteiger partial charge on any atom is 0.410 e. The van der Waals surface area contributed by atoms with E-state index in [1.807, 2.05) is 20.8 Å². The summed E-state index contributed by atoms with van der Waals surface area (Å²) in [6, 6.07) is 2.29. The molecule has 18 heavy (non-hydrogen) atoms. The Kier molecular flexibility index (Phi) is 3.24. The lowest BCUT2D eigenvalue weighted by atomic mass is 9.92. The van der Waals surface area contributed by atoms with Crippen LogP contribution in [0.15, 0.2) is 0 Å². The molecule has 1 N–H and O–H groups in total. The maximum absolute atomic E-state index is 11.8. The largest absolute Gasteiger partial charge is 0.444 e. The van der Waals surface area contributed by atoms with Crippen LogP contribution < -0.4 is 5.32 Å². The monoisotopic (exact) mass is 251 g/mol. The first-order chi connectivity index (χ1) is 8.34. The Morgan fingerprint density at radius 2 is 2.11 bits per heavy atom. The van der Waals surface area contributed by atoms with Crippen LogP contribution in [0.1, 0.15) is 33.6 Å². The second-order valence-electron chi connectivity index (χ2n) is 6.35. The van der Waals surface area contributed by atoms with Crippen LogP contribution in [0.4, 0.5) is 4.79 Å². The van der Waals surface area contributed by atoms with Crippen LogP contribution in [-0.4, -0.2) is 41.8 Å². The van der Waals surface area contributed by atoms with Gasteiger partial charge in [-0.25, -0.2) is 4.79 Å². The number of rotatable bonds is 3. The molecule has 0 aromatic heterocycles. The van der Waals surface area contributed by atoms with E-state index >= 15 is 0 Å². The lowest BCUT2D eigenvalue weighted by molar-refractivity contribution is -0.00499. The molecule has 1 aliphatic heterocycles. The van der Waals surface area contributed by atoms with Crippen molar-refractivity contribution in [1.29, 1.82) is 5.26 Å². The topological polar surface area (TPSA) is 65.4 Å². The minimum atomic E-state index is -0.556. The van der Waals surface area contributed by atoms with Gasteiger partial charge in [0.25, 0.3) is 0 Å². The van der Waals surface area contributed by atoms with Gasteiger partial charge in [0.15, 0.2) is 0 Å². The minimum absolute atomic E-state index is 0.332. The molecule has 1 amide bonds. The molecule has 100 valence electrons. The summed E-state index contributed by atoms with van der Waals surface area (Å²) < 4.78 is 5.27. The molecule has 0 radical (unpaired) electrons. The van der Waals surface area contributed by atoms with Crippen LogP contribution in [0.2, 0.25) is 0 Å². The lowest BCUT2D eigenvalue weighted by Gasteiger charge is -2.45. The Labute approximate surface area is 108 Å². The van der Waals surface area contributed by atoms with E-state index < -0.39 is 11.1 Å². The van der Waals surface area contributed by atoms with E-state index in [4.69, 9.17) is 4.74 Å². The number of ether oxygens (including phenoxy) is 1. The number of carbonyl (C=O) groups excluding carboxylic acids is 1. The van der Waals surface area contributed by atoms with Crippen LogP contribution in [0.3, 0.4) is 0 Å². The predicted molar refractivity (Wildman–Crippen MR) is 66.9 cm³/mol. The van der Waals surface area contributed by atoms with Gasteiger partial charge in [0.2, 0.25) is 0 Å². The maximum atomic E-state index is 11.8. The van der Waals surface area contributed by atoms with Gasteiger partial charge in [-0.1, -0.05) is 0 Å². The van der Waals surface area contributed by atoms with Crippen molar-refractivity contribution in [1.82, 2.24) is 10.2 Å². The average Bonchev–Trinajstić information content (AvgIpc) is 2.97. The molecule has 2 aliphatic rings. The molecule has 5 heteroatoms. The van der Waals surface area contributed by atoms with Gasteiger partial charge in [0.1, 0.15) is 11.1 Å². The normalized spacial score (nSPS) is 22.0. The summed E-state index contributed by atoms with van der Waals surface area (Å²) >= 11 is 0. The first kappa shape index (κ1) is 13.2. The van der Waals surface area contributed by atoms with Crippen molar-refractivity contribution in [2.75, 3.05) is 19.6 Å². The van der Waals surface area contributed by atoms with Crippen molar-refractivity contribution in [2.45, 2.75) is 44.8 Å². The van der Waals surface area contributed by atoms with E-state index in [0.717, 1.165) is 12.5 Å². The summed E-state index contributed by atoms with van der Waals surface area (Å²) in [4.78, 5) is 13.3. The molecule has 0 atom stereocenters. The molecule has 0 bridgehead atoms. The van der Waals surface area contributed by atoms with Gasteiger partial charge in [0, 0.05) is 0 Å². The van der Waals surface area contributed by atoms with Crippen LogP contribution in [0.25, 0.3) is 0 Å². The van der Waals surface area contributed by atoms with E-state index in [2.05, 4.69) is 11.4 Å². The molecule has 1 saturated heterocycles. The molecular weight excluding hydrogens is 230 g/mol. The predicted octanol–water partition coefficient (Wildman–Crippen LogP) is 1.50. The third kappa shape index (κ3) is 3.14. The molecule has 1 aliphatic carbocycles. The fourth-order valence-corrected chi connectivity index (χ4v) is 1.94. The molecule has 0 aromatic carbocycles. The quantitative estimate of drug-likeness (QED) is 0.825. The summed E-state index contributed by atoms with van der Waals surface area (Å²) in [5.74, 6) is 0.728. The van der Waals surface area contributed by atoms with Gasteiger partial charge >= 0.3 is 6.09 Å². The van der Waals surface area contributed by atoms with Crippen molar-refractivity contribution < 1.29 is 9.53 Å². The SMILES string of the molecule is CC(C)(C)OC(=O)N1CC(C#N)(NCC2CC2)C1. The van der Waals surface area contributed by atoms with Crippen LogP contribution in [0, 0.1) is 17.2 Å². The molecule has 2 rings (SSSR count). The van der Waals surface area contributed by atoms with Crippen molar-refractivity contribution in [3.63, 3.8) is 0 Å². The third-order valence-corrected chi connectivity index (χ3v) is 3.21. The Balaban J connectivity index is 1.79. The standard InChI is InChI=1S/C13H21N3O2/c1-12(2,3)18-11(17)16-8-13(7-14,9-16)15-6-10-4-5-10/h10,15H,4-6,8-9H2,1-3H3. The zero-order valence-corrected chi connectivity index (χ0v) is 11.3. The van der Waals surface area contributed by atoms with Crippen molar-refractivity contribution >= 4 is 6.09 Å². The zero-order chi connectivity index (χ0) is 13.4. The van der Waals surface area contributed by atoms with E-state index in [0.29, 0.717) is 13.1 Å². The number of hydrogen-bond donors (Lipinski definition) is 1. The second kappa shape index (κ2) is 4.43. The fraction of sp³-hybridized carbons (Fsp3) is 0.846. The smallest absolute Gasteiger partial charge is 0.410 e. The summed E-state index contributed by atoms with van der Waals surface area (Å²) in [5.41, 5.74) is -1.04. The van der Waals surface area contributed by atoms with E-state index in [1.165, 1.54) is 12.8 Å². The summed E-state index contributed by atoms with van der Waals surface area (Å²) in [6.07, 6.45) is 2.18. The lowest BCUT2D eigenvalue weighted by Crippen LogP contribution is -2.70. The van der Waals surface area contributed by atoms with Crippen molar-refractivity contribution in [2.24, 2.45) is 5.92 Å². The molecule has 5 nitrogen and oxygen atoms in total. The fourth-order valence-electron chi connectivity index (χ4n) is 1.94. The number of likely N-dealkylation sites (tertiary alicyclic amines) is 1. The molecule has 0 spiro atoms. The molecule has 1 saturated carbocycles. The number of carbonyl (C=O) groups is 1. The Morgan fingerprint density at radius 3 is 2.56 bits per heavy atom. The van der Waals surface area contributed by atoms with Gasteiger partial charge in [0.05, 0.1) is 19.2 Å². The molecular formula is C13H21N3O2. The summed E-state index contributed by atoms with van der Waals surface area (Å²) in [6.45, 7) is 7.25. The van der Waals surface area contributed by atoms with E-state index in [1.54, 1.807) is 4.90 Å². The van der Waals surface area contributed by atoms with Gasteiger partial charge in [-0.2, -0.15) is 5.26 Å². The molecule has 1 heterocycles. The third-order valence-electron chi connectivity index (χ3n) is 3.21. The summed E-state index contributed by atoms with van der Waals surface area (Å²) in [7, 11) is 0. The van der Waals surface area contributed by atoms with E-state index in [-0.39, 0.29) is 6.09 Å². The van der Waals surface area contributed by atoms with Gasteiger partial charge in [-0.15, -0.1) is 0 Å². The van der Waals surface area contributed by atoms with Crippen LogP contribution in [0.5, 0.6) is 0 Å². The van der Waals surface area contributed by atoms with Crippen molar-refractivity contribution in [3.8, 4) is 6.07 Å². The second-order valence-corrected chi connectivity index (χ2v) is 6.35. The number of nitrogens with one attached hydrogen (secondary N) is 1. The Morgan fingerprint density at radius 1 is 1.50 bits per heavy atom. The first-order valence-electron chi connectivity index (χ1n) is 6.48. The highest BCUT2D eigenvalue weighted by Crippen LogP contribution is 2.30. The van der Waals surface area contributed by atoms with Gasteiger partial charge in [-0.05, 0) is 46.1 Å². The molecule has 2 fully saturated rings. The molecule has 0 aromatic rings.